The van der Waals surface area contributed by atoms with E-state index in [1.54, 1.807) is 17.0 Å². The molecule has 1 aliphatic heterocycles. The predicted molar refractivity (Wildman–Crippen MR) is 110 cm³/mol. The van der Waals surface area contributed by atoms with Crippen LogP contribution < -0.4 is 15.1 Å². The Bertz CT molecular complexity index is 1110. The molecule has 0 unspecified atom stereocenters. The van der Waals surface area contributed by atoms with Gasteiger partial charge >= 0.3 is 12.2 Å². The molecule has 166 valence electrons. The number of fused-ring (bicyclic) bond motifs is 1. The van der Waals surface area contributed by atoms with Gasteiger partial charge in [0.25, 0.3) is 5.91 Å². The van der Waals surface area contributed by atoms with E-state index in [4.69, 9.17) is 5.26 Å². The highest BCUT2D eigenvalue weighted by molar-refractivity contribution is 6.08. The largest absolute Gasteiger partial charge is 0.417 e. The summed E-state index contributed by atoms with van der Waals surface area (Å²) in [5.74, 6) is -0.405. The van der Waals surface area contributed by atoms with Crippen molar-refractivity contribution in [1.82, 2.24) is 10.3 Å². The minimum absolute atomic E-state index is 0.0984. The van der Waals surface area contributed by atoms with Crippen molar-refractivity contribution in [2.45, 2.75) is 43.9 Å². The number of benzene rings is 1. The van der Waals surface area contributed by atoms with Crippen molar-refractivity contribution in [3.05, 3.63) is 53.3 Å². The second-order valence-corrected chi connectivity index (χ2v) is 7.76. The third kappa shape index (κ3) is 3.64. The SMILES string of the molecule is CNC(=O)c1cc(N2C(=O)N(c3ccc(C#N)c(C(F)(F)F)c3)[C@H]3CCCC[C@@H]32)ccn1. The molecule has 1 N–H and O–H groups in total. The van der Waals surface area contributed by atoms with Gasteiger partial charge in [0, 0.05) is 24.6 Å². The van der Waals surface area contributed by atoms with Gasteiger partial charge in [-0.3, -0.25) is 19.6 Å². The number of carbonyl (C=O) groups excluding carboxylic acids is 2. The third-order valence-electron chi connectivity index (χ3n) is 5.96. The minimum Gasteiger partial charge on any atom is -0.354 e. The number of rotatable bonds is 3. The summed E-state index contributed by atoms with van der Waals surface area (Å²) in [5.41, 5.74) is -0.855. The van der Waals surface area contributed by atoms with Gasteiger partial charge in [0.1, 0.15) is 5.69 Å². The Morgan fingerprint density at radius 3 is 2.31 bits per heavy atom. The van der Waals surface area contributed by atoms with Crippen LogP contribution >= 0.6 is 0 Å². The van der Waals surface area contributed by atoms with Gasteiger partial charge in [-0.15, -0.1) is 0 Å². The van der Waals surface area contributed by atoms with Crippen LogP contribution in [0.15, 0.2) is 36.5 Å². The van der Waals surface area contributed by atoms with Crippen LogP contribution in [0.4, 0.5) is 29.3 Å². The number of aromatic nitrogens is 1. The summed E-state index contributed by atoms with van der Waals surface area (Å²) < 4.78 is 40.6. The molecule has 2 heterocycles. The Kier molecular flexibility index (Phi) is 5.50. The molecule has 1 aromatic heterocycles. The molecule has 2 fully saturated rings. The third-order valence-corrected chi connectivity index (χ3v) is 5.96. The monoisotopic (exact) mass is 443 g/mol. The van der Waals surface area contributed by atoms with Crippen LogP contribution in [0.25, 0.3) is 0 Å². The van der Waals surface area contributed by atoms with Crippen molar-refractivity contribution < 1.29 is 22.8 Å². The highest BCUT2D eigenvalue weighted by Crippen LogP contribution is 2.42. The first-order chi connectivity index (χ1) is 15.3. The Hall–Kier alpha value is -3.61. The lowest BCUT2D eigenvalue weighted by molar-refractivity contribution is -0.137. The van der Waals surface area contributed by atoms with E-state index in [-0.39, 0.29) is 23.5 Å². The van der Waals surface area contributed by atoms with E-state index in [1.165, 1.54) is 30.3 Å². The second-order valence-electron chi connectivity index (χ2n) is 7.76. The number of urea groups is 1. The summed E-state index contributed by atoms with van der Waals surface area (Å²) in [6, 6.07) is 7.00. The maximum Gasteiger partial charge on any atom is 0.417 e. The molecule has 4 rings (SSSR count). The van der Waals surface area contributed by atoms with E-state index < -0.39 is 29.2 Å². The van der Waals surface area contributed by atoms with E-state index in [2.05, 4.69) is 10.3 Å². The molecule has 1 aliphatic carbocycles. The Morgan fingerprint density at radius 1 is 1.12 bits per heavy atom. The number of alkyl halides is 3. The zero-order valence-electron chi connectivity index (χ0n) is 17.2. The molecule has 0 bridgehead atoms. The van der Waals surface area contributed by atoms with Crippen LogP contribution in [-0.4, -0.2) is 36.1 Å². The van der Waals surface area contributed by atoms with Crippen molar-refractivity contribution in [3.8, 4) is 6.07 Å². The zero-order valence-corrected chi connectivity index (χ0v) is 17.2. The summed E-state index contributed by atoms with van der Waals surface area (Å²) in [6.45, 7) is 0. The molecule has 32 heavy (non-hydrogen) atoms. The van der Waals surface area contributed by atoms with Crippen molar-refractivity contribution >= 4 is 23.3 Å². The maximum absolute atomic E-state index is 13.5. The molecule has 0 radical (unpaired) electrons. The molecule has 1 saturated carbocycles. The zero-order chi connectivity index (χ0) is 23.0. The fraction of sp³-hybridized carbons (Fsp3) is 0.364. The van der Waals surface area contributed by atoms with Crippen LogP contribution in [0.2, 0.25) is 0 Å². The van der Waals surface area contributed by atoms with E-state index in [1.807, 2.05) is 0 Å². The quantitative estimate of drug-likeness (QED) is 0.774. The van der Waals surface area contributed by atoms with Gasteiger partial charge in [0.2, 0.25) is 0 Å². The molecule has 1 saturated heterocycles. The van der Waals surface area contributed by atoms with E-state index in [0.29, 0.717) is 18.5 Å². The Balaban J connectivity index is 1.78. The number of amides is 3. The first-order valence-corrected chi connectivity index (χ1v) is 10.2. The molecule has 10 heteroatoms. The highest BCUT2D eigenvalue weighted by atomic mass is 19.4. The first kappa shape index (κ1) is 21.6. The molecular formula is C22H20F3N5O2. The number of anilines is 2. The number of nitrogens with one attached hydrogen (secondary N) is 1. The van der Waals surface area contributed by atoms with Crippen molar-refractivity contribution in [2.24, 2.45) is 0 Å². The molecular weight excluding hydrogens is 423 g/mol. The minimum atomic E-state index is -4.72. The number of hydrogen-bond donors (Lipinski definition) is 1. The van der Waals surface area contributed by atoms with Gasteiger partial charge < -0.3 is 5.32 Å². The summed E-state index contributed by atoms with van der Waals surface area (Å²) in [6.07, 6.45) is -0.233. The molecule has 0 spiro atoms. The Labute approximate surface area is 182 Å². The molecule has 3 amide bonds. The normalized spacial score (nSPS) is 20.7. The molecule has 7 nitrogen and oxygen atoms in total. The van der Waals surface area contributed by atoms with Gasteiger partial charge in [-0.1, -0.05) is 12.8 Å². The number of nitrogens with zero attached hydrogens (tertiary/aromatic N) is 4. The number of hydrogen-bond acceptors (Lipinski definition) is 4. The number of nitriles is 1. The summed E-state index contributed by atoms with van der Waals surface area (Å²) in [5, 5.41) is 11.6. The van der Waals surface area contributed by atoms with Crippen LogP contribution in [0.1, 0.15) is 47.3 Å². The Morgan fingerprint density at radius 2 is 1.75 bits per heavy atom. The topological polar surface area (TPSA) is 89.3 Å². The lowest BCUT2D eigenvalue weighted by Crippen LogP contribution is -2.40. The second kappa shape index (κ2) is 8.15. The van der Waals surface area contributed by atoms with Crippen LogP contribution in [0.3, 0.4) is 0 Å². The predicted octanol–water partition coefficient (Wildman–Crippen LogP) is 4.09. The summed E-state index contributed by atoms with van der Waals surface area (Å²) in [4.78, 5) is 32.5. The van der Waals surface area contributed by atoms with Crippen LogP contribution in [0.5, 0.6) is 0 Å². The van der Waals surface area contributed by atoms with Crippen LogP contribution in [-0.2, 0) is 6.18 Å². The average molecular weight is 443 g/mol. The smallest absolute Gasteiger partial charge is 0.354 e. The summed E-state index contributed by atoms with van der Waals surface area (Å²) >= 11 is 0. The standard InChI is InChI=1S/C22H20F3N5O2/c1-27-20(31)17-11-15(8-9-28-17)30-19-5-3-2-4-18(19)29(21(30)32)14-7-6-13(12-26)16(10-14)22(23,24)25/h6-11,18-19H,2-5H2,1H3,(H,27,31)/t18-,19-/m0/s1. The number of carbonyl (C=O) groups is 2. The molecule has 2 atom stereocenters. The fourth-order valence-corrected chi connectivity index (χ4v) is 4.53. The maximum atomic E-state index is 13.5. The highest BCUT2D eigenvalue weighted by Gasteiger charge is 2.48. The van der Waals surface area contributed by atoms with Gasteiger partial charge in [0.15, 0.2) is 0 Å². The van der Waals surface area contributed by atoms with Gasteiger partial charge in [-0.2, -0.15) is 18.4 Å². The van der Waals surface area contributed by atoms with E-state index >= 15 is 0 Å². The lowest BCUT2D eigenvalue weighted by atomic mass is 9.89. The van der Waals surface area contributed by atoms with E-state index in [0.717, 1.165) is 25.0 Å². The van der Waals surface area contributed by atoms with Crippen molar-refractivity contribution in [3.63, 3.8) is 0 Å². The van der Waals surface area contributed by atoms with Crippen LogP contribution in [0, 0.1) is 11.3 Å². The molecule has 2 aromatic rings. The average Bonchev–Trinajstić information content (AvgIpc) is 3.09. The number of pyridine rings is 1. The fourth-order valence-electron chi connectivity index (χ4n) is 4.53. The van der Waals surface area contributed by atoms with Crippen molar-refractivity contribution in [1.29, 1.82) is 5.26 Å². The first-order valence-electron chi connectivity index (χ1n) is 10.2. The van der Waals surface area contributed by atoms with E-state index in [9.17, 15) is 22.8 Å². The van der Waals surface area contributed by atoms with Gasteiger partial charge in [-0.25, -0.2) is 4.79 Å². The lowest BCUT2D eigenvalue weighted by Gasteiger charge is -2.32. The van der Waals surface area contributed by atoms with Gasteiger partial charge in [0.05, 0.1) is 29.3 Å². The molecule has 2 aliphatic rings. The van der Waals surface area contributed by atoms with Gasteiger partial charge in [-0.05, 0) is 43.2 Å². The van der Waals surface area contributed by atoms with Crippen molar-refractivity contribution in [2.75, 3.05) is 16.8 Å². The molecule has 1 aromatic carbocycles. The number of halogens is 3. The summed E-state index contributed by atoms with van der Waals surface area (Å²) in [7, 11) is 1.47.